The van der Waals surface area contributed by atoms with Crippen molar-refractivity contribution in [3.05, 3.63) is 85.9 Å². The number of hydrogen-bond acceptors (Lipinski definition) is 2. The number of allylic oxidation sites excluding steroid dienone is 1. The Morgan fingerprint density at radius 2 is 1.54 bits per heavy atom. The van der Waals surface area contributed by atoms with E-state index in [0.717, 1.165) is 30.3 Å². The van der Waals surface area contributed by atoms with E-state index in [9.17, 15) is 35.9 Å². The van der Waals surface area contributed by atoms with Crippen LogP contribution in [0.2, 0.25) is 15.1 Å². The van der Waals surface area contributed by atoms with Gasteiger partial charge in [0.05, 0.1) is 38.3 Å². The lowest BCUT2D eigenvalue weighted by Gasteiger charge is -2.19. The van der Waals surface area contributed by atoms with Crippen molar-refractivity contribution < 1.29 is 35.9 Å². The smallest absolute Gasteiger partial charge is 0.333 e. The first-order valence-electron chi connectivity index (χ1n) is 10.3. The Bertz CT molecular complexity index is 1220. The monoisotopic (exact) mass is 586 g/mol. The van der Waals surface area contributed by atoms with Gasteiger partial charge >= 0.3 is 12.4 Å². The van der Waals surface area contributed by atoms with Gasteiger partial charge in [-0.1, -0.05) is 59.6 Å². The fourth-order valence-corrected chi connectivity index (χ4v) is 3.71. The second-order valence-electron chi connectivity index (χ2n) is 7.93. The van der Waals surface area contributed by atoms with Crippen LogP contribution < -0.4 is 10.6 Å². The highest BCUT2D eigenvalue weighted by Gasteiger charge is 2.40. The van der Waals surface area contributed by atoms with Crippen LogP contribution in [0.15, 0.2) is 48.6 Å². The van der Waals surface area contributed by atoms with Crippen LogP contribution in [-0.4, -0.2) is 24.2 Å². The first kappa shape index (κ1) is 30.5. The first-order chi connectivity index (χ1) is 16.9. The lowest BCUT2D eigenvalue weighted by atomic mass is 9.96. The maximum atomic E-state index is 13.7. The summed E-state index contributed by atoms with van der Waals surface area (Å²) in [6.45, 7) is 6.14. The third-order valence-corrected chi connectivity index (χ3v) is 6.07. The molecule has 0 heterocycles. The van der Waals surface area contributed by atoms with Crippen molar-refractivity contribution in [1.29, 1.82) is 0 Å². The normalized spacial score (nSPS) is 13.8. The summed E-state index contributed by atoms with van der Waals surface area (Å²) in [5.74, 6) is -4.04. The van der Waals surface area contributed by atoms with Crippen molar-refractivity contribution in [2.45, 2.75) is 38.3 Å². The maximum absolute atomic E-state index is 13.7. The van der Waals surface area contributed by atoms with Crippen LogP contribution in [0.5, 0.6) is 0 Å². The number of hydrogen-bond donors (Lipinski definition) is 2. The molecule has 0 spiro atoms. The molecule has 2 aromatic carbocycles. The van der Waals surface area contributed by atoms with E-state index in [4.69, 9.17) is 34.8 Å². The van der Waals surface area contributed by atoms with Crippen molar-refractivity contribution in [3.8, 4) is 0 Å². The van der Waals surface area contributed by atoms with Crippen LogP contribution in [0, 0.1) is 0 Å². The van der Waals surface area contributed by atoms with Crippen LogP contribution >= 0.6 is 34.8 Å². The van der Waals surface area contributed by atoms with Crippen molar-refractivity contribution in [2.75, 3.05) is 0 Å². The molecule has 0 aliphatic carbocycles. The molecule has 0 saturated carbocycles. The molecule has 2 aromatic rings. The topological polar surface area (TPSA) is 58.2 Å². The average molecular weight is 588 g/mol. The third-order valence-electron chi connectivity index (χ3n) is 4.88. The lowest BCUT2D eigenvalue weighted by molar-refractivity contribution is -0.139. The number of carbonyl (C=O) groups excluding carboxylic acids is 2. The molecule has 2 amide bonds. The second kappa shape index (κ2) is 11.8. The molecule has 0 radical (unpaired) electrons. The first-order valence-corrected chi connectivity index (χ1v) is 11.4. The lowest BCUT2D eigenvalue weighted by Crippen LogP contribution is -2.46. The van der Waals surface area contributed by atoms with Crippen LogP contribution in [0.4, 0.5) is 26.3 Å². The summed E-state index contributed by atoms with van der Waals surface area (Å²) in [4.78, 5) is 24.1. The van der Waals surface area contributed by atoms with Gasteiger partial charge in [0.2, 0.25) is 5.91 Å². The molecule has 200 valence electrons. The second-order valence-corrected chi connectivity index (χ2v) is 9.12. The number of benzene rings is 2. The highest BCUT2D eigenvalue weighted by molar-refractivity contribution is 6.48. The Hall–Kier alpha value is -2.69. The molecule has 0 aromatic heterocycles. The van der Waals surface area contributed by atoms with E-state index >= 15 is 0 Å². The molecular weight excluding hydrogens is 569 g/mol. The molecule has 0 bridgehead atoms. The molecule has 0 saturated heterocycles. The van der Waals surface area contributed by atoms with Crippen LogP contribution in [0.25, 0.3) is 6.08 Å². The minimum atomic E-state index is -5.01. The summed E-state index contributed by atoms with van der Waals surface area (Å²) >= 11 is 17.4. The van der Waals surface area contributed by atoms with Crippen molar-refractivity contribution in [2.24, 2.45) is 0 Å². The Balaban J connectivity index is 2.42. The van der Waals surface area contributed by atoms with E-state index in [-0.39, 0.29) is 31.8 Å². The number of rotatable bonds is 7. The van der Waals surface area contributed by atoms with E-state index in [1.165, 1.54) is 13.8 Å². The minimum absolute atomic E-state index is 0.119. The molecule has 2 N–H and O–H groups in total. The molecule has 13 heteroatoms. The SMILES string of the molecule is C=C(C)C(=O)N[C@@H](C)NC(=O)c1ccc(/C=C/C(c2cc(Cl)c(Cl)c(Cl)c2)C(F)(F)F)cc1C(F)(F)F. The van der Waals surface area contributed by atoms with Gasteiger partial charge in [0.1, 0.15) is 0 Å². The Morgan fingerprint density at radius 3 is 2.03 bits per heavy atom. The summed E-state index contributed by atoms with van der Waals surface area (Å²) in [5.41, 5.74) is -2.68. The maximum Gasteiger partial charge on any atom is 0.417 e. The quantitative estimate of drug-likeness (QED) is 0.150. The Kier molecular flexibility index (Phi) is 9.73. The number of alkyl halides is 6. The zero-order valence-electron chi connectivity index (χ0n) is 19.1. The average Bonchev–Trinajstić information content (AvgIpc) is 2.75. The van der Waals surface area contributed by atoms with Gasteiger partial charge in [-0.15, -0.1) is 0 Å². The number of carbonyl (C=O) groups is 2. The molecule has 0 fully saturated rings. The molecule has 1 unspecified atom stereocenters. The van der Waals surface area contributed by atoms with E-state index in [1.807, 2.05) is 0 Å². The molecular formula is C24H19Cl3F6N2O2. The number of nitrogens with one attached hydrogen (secondary N) is 2. The van der Waals surface area contributed by atoms with E-state index in [0.29, 0.717) is 12.1 Å². The van der Waals surface area contributed by atoms with E-state index in [1.54, 1.807) is 0 Å². The predicted molar refractivity (Wildman–Crippen MR) is 131 cm³/mol. The van der Waals surface area contributed by atoms with Gasteiger partial charge in [0.25, 0.3) is 5.91 Å². The van der Waals surface area contributed by atoms with Gasteiger partial charge in [0, 0.05) is 5.57 Å². The molecule has 37 heavy (non-hydrogen) atoms. The summed E-state index contributed by atoms with van der Waals surface area (Å²) in [6, 6.07) is 4.33. The van der Waals surface area contributed by atoms with Crippen LogP contribution in [-0.2, 0) is 11.0 Å². The fraction of sp³-hybridized carbons (Fsp3) is 0.250. The standard InChI is InChI=1S/C24H19Cl3F6N2O2/c1-11(2)21(36)34-12(3)35-22(37)15-6-4-13(8-17(15)24(31,32)33)5-7-16(23(28,29)30)14-9-18(25)20(27)19(26)10-14/h4-10,12,16H,1H2,2-3H3,(H,34,36)(H,35,37)/b7-5+/t12-,16?/m1/s1. The molecule has 2 rings (SSSR count). The summed E-state index contributed by atoms with van der Waals surface area (Å²) in [6.07, 6.45) is -9.42. The zero-order chi connectivity index (χ0) is 28.3. The van der Waals surface area contributed by atoms with E-state index in [2.05, 4.69) is 17.2 Å². The highest BCUT2D eigenvalue weighted by atomic mass is 35.5. The van der Waals surface area contributed by atoms with Crippen molar-refractivity contribution in [3.63, 3.8) is 0 Å². The summed E-state index contributed by atoms with van der Waals surface area (Å²) in [7, 11) is 0. The summed E-state index contributed by atoms with van der Waals surface area (Å²) < 4.78 is 82.3. The molecule has 2 atom stereocenters. The zero-order valence-corrected chi connectivity index (χ0v) is 21.4. The van der Waals surface area contributed by atoms with Crippen LogP contribution in [0.3, 0.4) is 0 Å². The number of halogens is 9. The summed E-state index contributed by atoms with van der Waals surface area (Å²) in [5, 5.41) is 3.94. The number of amides is 2. The van der Waals surface area contributed by atoms with Crippen molar-refractivity contribution in [1.82, 2.24) is 10.6 Å². The Morgan fingerprint density at radius 1 is 0.973 bits per heavy atom. The molecule has 4 nitrogen and oxygen atoms in total. The van der Waals surface area contributed by atoms with Crippen LogP contribution in [0.1, 0.15) is 46.8 Å². The van der Waals surface area contributed by atoms with E-state index < -0.39 is 47.4 Å². The minimum Gasteiger partial charge on any atom is -0.333 e. The highest BCUT2D eigenvalue weighted by Crippen LogP contribution is 2.41. The molecule has 0 aliphatic heterocycles. The van der Waals surface area contributed by atoms with Gasteiger partial charge in [-0.25, -0.2) is 0 Å². The van der Waals surface area contributed by atoms with Gasteiger partial charge in [-0.3, -0.25) is 9.59 Å². The molecule has 0 aliphatic rings. The van der Waals surface area contributed by atoms with Gasteiger partial charge in [-0.2, -0.15) is 26.3 Å². The Labute approximate surface area is 223 Å². The van der Waals surface area contributed by atoms with Gasteiger partial charge < -0.3 is 10.6 Å². The van der Waals surface area contributed by atoms with Gasteiger partial charge in [-0.05, 0) is 49.2 Å². The largest absolute Gasteiger partial charge is 0.417 e. The van der Waals surface area contributed by atoms with Crippen molar-refractivity contribution >= 4 is 52.7 Å². The fourth-order valence-electron chi connectivity index (χ4n) is 3.10. The van der Waals surface area contributed by atoms with Gasteiger partial charge in [0.15, 0.2) is 0 Å². The third kappa shape index (κ3) is 8.15. The predicted octanol–water partition coefficient (Wildman–Crippen LogP) is 7.79.